The molecular formula is C13H14O2. The predicted octanol–water partition coefficient (Wildman–Crippen LogP) is 2.45. The van der Waals surface area contributed by atoms with Gasteiger partial charge < -0.3 is 4.74 Å². The van der Waals surface area contributed by atoms with Crippen molar-refractivity contribution < 1.29 is 9.53 Å². The lowest BCUT2D eigenvalue weighted by Crippen LogP contribution is -2.15. The van der Waals surface area contributed by atoms with Crippen LogP contribution in [-0.4, -0.2) is 12.6 Å². The third-order valence-electron chi connectivity index (χ3n) is 3.78. The zero-order valence-corrected chi connectivity index (χ0v) is 8.77. The first-order valence-electron chi connectivity index (χ1n) is 5.58. The van der Waals surface area contributed by atoms with Crippen molar-refractivity contribution in [3.05, 3.63) is 35.4 Å². The van der Waals surface area contributed by atoms with E-state index < -0.39 is 0 Å². The van der Waals surface area contributed by atoms with Gasteiger partial charge in [-0.05, 0) is 23.5 Å². The molecule has 2 heteroatoms. The average Bonchev–Trinajstić information content (AvgIpc) is 2.78. The molecule has 1 heterocycles. The Balaban J connectivity index is 2.13. The van der Waals surface area contributed by atoms with E-state index in [0.717, 1.165) is 6.42 Å². The third-order valence-corrected chi connectivity index (χ3v) is 3.78. The second-order valence-electron chi connectivity index (χ2n) is 4.41. The summed E-state index contributed by atoms with van der Waals surface area (Å²) in [5.74, 6) is 0.787. The molecule has 0 aromatic heterocycles. The zero-order chi connectivity index (χ0) is 10.4. The number of benzene rings is 1. The molecule has 0 saturated carbocycles. The minimum absolute atomic E-state index is 0.00282. The molecule has 0 bridgehead atoms. The summed E-state index contributed by atoms with van der Waals surface area (Å²) in [6, 6.07) is 8.42. The minimum atomic E-state index is 0.00282. The van der Waals surface area contributed by atoms with Crippen molar-refractivity contribution in [3.8, 4) is 0 Å². The number of carbonyl (C=O) groups excluding carboxylic acids is 1. The van der Waals surface area contributed by atoms with Gasteiger partial charge in [-0.2, -0.15) is 0 Å². The van der Waals surface area contributed by atoms with Crippen LogP contribution in [0.5, 0.6) is 0 Å². The first-order chi connectivity index (χ1) is 7.33. The summed E-state index contributed by atoms with van der Waals surface area (Å²) < 4.78 is 5.17. The Kier molecular flexibility index (Phi) is 1.84. The average molecular weight is 202 g/mol. The number of esters is 1. The van der Waals surface area contributed by atoms with Gasteiger partial charge in [-0.1, -0.05) is 31.2 Å². The van der Waals surface area contributed by atoms with Crippen LogP contribution < -0.4 is 0 Å². The number of rotatable bonds is 1. The highest BCUT2D eigenvalue weighted by Gasteiger charge is 2.49. The van der Waals surface area contributed by atoms with Crippen LogP contribution in [-0.2, 0) is 9.53 Å². The molecule has 78 valence electrons. The van der Waals surface area contributed by atoms with Gasteiger partial charge in [0, 0.05) is 5.92 Å². The predicted molar refractivity (Wildman–Crippen MR) is 56.7 cm³/mol. The highest BCUT2D eigenvalue weighted by Crippen LogP contribution is 2.51. The van der Waals surface area contributed by atoms with Gasteiger partial charge in [-0.15, -0.1) is 0 Å². The number of ether oxygens (including phenoxy) is 1. The van der Waals surface area contributed by atoms with E-state index in [1.165, 1.54) is 11.1 Å². The Morgan fingerprint density at radius 3 is 2.80 bits per heavy atom. The normalized spacial score (nSPS) is 32.3. The number of hydrogen-bond donors (Lipinski definition) is 0. The molecule has 1 aliphatic carbocycles. The molecule has 0 amide bonds. The fourth-order valence-electron chi connectivity index (χ4n) is 3.12. The first-order valence-corrected chi connectivity index (χ1v) is 5.58. The van der Waals surface area contributed by atoms with Gasteiger partial charge in [0.15, 0.2) is 0 Å². The quantitative estimate of drug-likeness (QED) is 0.654. The molecule has 0 unspecified atom stereocenters. The number of fused-ring (bicyclic) bond motifs is 3. The molecule has 1 fully saturated rings. The molecule has 0 radical (unpaired) electrons. The molecule has 2 nitrogen and oxygen atoms in total. The summed E-state index contributed by atoms with van der Waals surface area (Å²) in [6.45, 7) is 2.73. The third kappa shape index (κ3) is 1.08. The van der Waals surface area contributed by atoms with Crippen LogP contribution in [0.4, 0.5) is 0 Å². The lowest BCUT2D eigenvalue weighted by Gasteiger charge is -2.13. The summed E-state index contributed by atoms with van der Waals surface area (Å²) in [7, 11) is 0. The Morgan fingerprint density at radius 1 is 1.33 bits per heavy atom. The Bertz CT molecular complexity index is 396. The summed E-state index contributed by atoms with van der Waals surface area (Å²) in [6.07, 6.45) is 1.02. The molecule has 1 aliphatic heterocycles. The second kappa shape index (κ2) is 3.09. The summed E-state index contributed by atoms with van der Waals surface area (Å²) in [5, 5.41) is 0. The molecule has 2 aliphatic rings. The molecule has 15 heavy (non-hydrogen) atoms. The lowest BCUT2D eigenvalue weighted by molar-refractivity contribution is -0.141. The van der Waals surface area contributed by atoms with Crippen LogP contribution in [0.15, 0.2) is 24.3 Å². The molecule has 3 rings (SSSR count). The van der Waals surface area contributed by atoms with E-state index in [4.69, 9.17) is 4.74 Å². The van der Waals surface area contributed by atoms with Gasteiger partial charge in [-0.25, -0.2) is 0 Å². The highest BCUT2D eigenvalue weighted by molar-refractivity contribution is 5.79. The van der Waals surface area contributed by atoms with Gasteiger partial charge in [0.25, 0.3) is 0 Å². The van der Waals surface area contributed by atoms with Crippen LogP contribution in [0.25, 0.3) is 0 Å². The number of hydrogen-bond acceptors (Lipinski definition) is 2. The summed E-state index contributed by atoms with van der Waals surface area (Å²) >= 11 is 0. The molecule has 0 N–H and O–H groups in total. The van der Waals surface area contributed by atoms with Gasteiger partial charge in [-0.3, -0.25) is 4.79 Å². The van der Waals surface area contributed by atoms with E-state index >= 15 is 0 Å². The summed E-state index contributed by atoms with van der Waals surface area (Å²) in [4.78, 5) is 11.7. The monoisotopic (exact) mass is 202 g/mol. The Morgan fingerprint density at radius 2 is 2.07 bits per heavy atom. The summed E-state index contributed by atoms with van der Waals surface area (Å²) in [5.41, 5.74) is 2.70. The molecule has 3 atom stereocenters. The molecule has 1 saturated heterocycles. The fraction of sp³-hybridized carbons (Fsp3) is 0.462. The minimum Gasteiger partial charge on any atom is -0.465 e. The highest BCUT2D eigenvalue weighted by atomic mass is 16.5. The van der Waals surface area contributed by atoms with Gasteiger partial charge >= 0.3 is 5.97 Å². The van der Waals surface area contributed by atoms with Gasteiger partial charge in [0.1, 0.15) is 0 Å². The Labute approximate surface area is 89.2 Å². The van der Waals surface area contributed by atoms with E-state index in [0.29, 0.717) is 18.4 Å². The lowest BCUT2D eigenvalue weighted by atomic mass is 9.87. The van der Waals surface area contributed by atoms with E-state index in [9.17, 15) is 4.79 Å². The number of cyclic esters (lactones) is 1. The first kappa shape index (κ1) is 8.96. The van der Waals surface area contributed by atoms with Crippen LogP contribution in [0.1, 0.15) is 36.3 Å². The van der Waals surface area contributed by atoms with Gasteiger partial charge in [0.05, 0.1) is 12.5 Å². The van der Waals surface area contributed by atoms with E-state index in [2.05, 4.69) is 31.2 Å². The van der Waals surface area contributed by atoms with Crippen LogP contribution >= 0.6 is 0 Å². The van der Waals surface area contributed by atoms with Crippen molar-refractivity contribution in [2.75, 3.05) is 6.61 Å². The zero-order valence-electron chi connectivity index (χ0n) is 8.77. The van der Waals surface area contributed by atoms with Gasteiger partial charge in [0.2, 0.25) is 0 Å². The van der Waals surface area contributed by atoms with Crippen molar-refractivity contribution in [2.24, 2.45) is 5.92 Å². The van der Waals surface area contributed by atoms with Crippen LogP contribution in [0, 0.1) is 5.92 Å². The van der Waals surface area contributed by atoms with Crippen molar-refractivity contribution in [3.63, 3.8) is 0 Å². The fourth-order valence-corrected chi connectivity index (χ4v) is 3.12. The van der Waals surface area contributed by atoms with E-state index in [1.54, 1.807) is 0 Å². The van der Waals surface area contributed by atoms with Crippen molar-refractivity contribution in [2.45, 2.75) is 25.2 Å². The topological polar surface area (TPSA) is 26.3 Å². The van der Waals surface area contributed by atoms with E-state index in [1.807, 2.05) is 0 Å². The molecular weight excluding hydrogens is 188 g/mol. The largest absolute Gasteiger partial charge is 0.465 e. The molecule has 1 aromatic carbocycles. The maximum Gasteiger partial charge on any atom is 0.310 e. The van der Waals surface area contributed by atoms with Crippen molar-refractivity contribution in [1.82, 2.24) is 0 Å². The maximum atomic E-state index is 11.7. The SMILES string of the molecule is CC[C@@H]1c2ccccc2[C@H]2COC(=O)[C@@H]12. The Hall–Kier alpha value is -1.31. The maximum absolute atomic E-state index is 11.7. The smallest absolute Gasteiger partial charge is 0.310 e. The van der Waals surface area contributed by atoms with Crippen LogP contribution in [0.3, 0.4) is 0 Å². The second-order valence-corrected chi connectivity index (χ2v) is 4.41. The standard InChI is InChI=1S/C13H14O2/c1-2-8-9-5-3-4-6-10(9)11-7-15-13(14)12(8)11/h3-6,8,11-12H,2,7H2,1H3/t8-,11-,12+/m1/s1. The van der Waals surface area contributed by atoms with Crippen molar-refractivity contribution in [1.29, 1.82) is 0 Å². The van der Waals surface area contributed by atoms with E-state index in [-0.39, 0.29) is 11.9 Å². The molecule has 1 aromatic rings. The molecule has 0 spiro atoms. The van der Waals surface area contributed by atoms with Crippen molar-refractivity contribution >= 4 is 5.97 Å². The number of carbonyl (C=O) groups is 1. The van der Waals surface area contributed by atoms with Crippen LogP contribution in [0.2, 0.25) is 0 Å².